The molecule has 2 aromatic carbocycles. The van der Waals surface area contributed by atoms with E-state index in [4.69, 9.17) is 4.52 Å². The molecule has 1 amide bonds. The van der Waals surface area contributed by atoms with Gasteiger partial charge in [-0.15, -0.1) is 0 Å². The first-order valence-corrected chi connectivity index (χ1v) is 8.72. The summed E-state index contributed by atoms with van der Waals surface area (Å²) in [6, 6.07) is 15.9. The van der Waals surface area contributed by atoms with E-state index in [2.05, 4.69) is 29.4 Å². The van der Waals surface area contributed by atoms with Gasteiger partial charge in [0.2, 0.25) is 5.76 Å². The van der Waals surface area contributed by atoms with E-state index in [0.717, 1.165) is 18.4 Å². The molecule has 0 aliphatic carbocycles. The highest BCUT2D eigenvalue weighted by atomic mass is 19.1. The third-order valence-electron chi connectivity index (χ3n) is 4.84. The Bertz CT molecular complexity index is 916. The van der Waals surface area contributed by atoms with Crippen LogP contribution in [0.1, 0.15) is 40.6 Å². The van der Waals surface area contributed by atoms with Crippen LogP contribution in [0.15, 0.2) is 59.1 Å². The van der Waals surface area contributed by atoms with Crippen molar-refractivity contribution < 1.29 is 13.7 Å². The molecule has 1 aliphatic rings. The highest BCUT2D eigenvalue weighted by molar-refractivity contribution is 5.93. The van der Waals surface area contributed by atoms with Crippen LogP contribution in [0.25, 0.3) is 11.3 Å². The Kier molecular flexibility index (Phi) is 4.29. The largest absolute Gasteiger partial charge is 0.350 e. The van der Waals surface area contributed by atoms with Gasteiger partial charge in [0.25, 0.3) is 5.91 Å². The van der Waals surface area contributed by atoms with Crippen molar-refractivity contribution in [3.05, 3.63) is 77.3 Å². The molecule has 0 N–H and O–H groups in total. The Hall–Kier alpha value is -2.95. The first kappa shape index (κ1) is 16.5. The fraction of sp³-hybridized carbons (Fsp3) is 0.238. The van der Waals surface area contributed by atoms with Gasteiger partial charge in [-0.05, 0) is 49.6 Å². The number of benzene rings is 2. The number of aryl methyl sites for hydroxylation is 1. The van der Waals surface area contributed by atoms with Crippen LogP contribution in [0.2, 0.25) is 0 Å². The third-order valence-corrected chi connectivity index (χ3v) is 4.84. The Morgan fingerprint density at radius 3 is 2.62 bits per heavy atom. The Labute approximate surface area is 151 Å². The molecular weight excluding hydrogens is 331 g/mol. The van der Waals surface area contributed by atoms with Gasteiger partial charge >= 0.3 is 0 Å². The predicted molar refractivity (Wildman–Crippen MR) is 96.1 cm³/mol. The number of halogens is 1. The van der Waals surface area contributed by atoms with E-state index in [9.17, 15) is 9.18 Å². The summed E-state index contributed by atoms with van der Waals surface area (Å²) in [5.41, 5.74) is 3.58. The molecule has 1 saturated heterocycles. The van der Waals surface area contributed by atoms with E-state index < -0.39 is 0 Å². The molecule has 1 aliphatic heterocycles. The number of likely N-dealkylation sites (tertiary alicyclic amines) is 1. The van der Waals surface area contributed by atoms with Crippen molar-refractivity contribution in [3.63, 3.8) is 0 Å². The van der Waals surface area contributed by atoms with Crippen molar-refractivity contribution in [2.24, 2.45) is 0 Å². The molecule has 132 valence electrons. The second-order valence-electron chi connectivity index (χ2n) is 6.65. The number of aromatic nitrogens is 1. The van der Waals surface area contributed by atoms with Crippen molar-refractivity contribution in [3.8, 4) is 11.3 Å². The number of carbonyl (C=O) groups excluding carboxylic acids is 1. The normalized spacial score (nSPS) is 16.8. The molecule has 1 atom stereocenters. The summed E-state index contributed by atoms with van der Waals surface area (Å²) in [5.74, 6) is -0.260. The Balaban J connectivity index is 1.57. The SMILES string of the molecule is Cc1ccc([C@H]2CCCN2C(=O)c2cc(-c3ccc(F)cc3)no2)cc1. The Morgan fingerprint density at radius 1 is 1.15 bits per heavy atom. The molecule has 26 heavy (non-hydrogen) atoms. The fourth-order valence-corrected chi connectivity index (χ4v) is 3.42. The van der Waals surface area contributed by atoms with E-state index in [-0.39, 0.29) is 23.5 Å². The topological polar surface area (TPSA) is 46.3 Å². The zero-order chi connectivity index (χ0) is 18.1. The van der Waals surface area contributed by atoms with Gasteiger partial charge in [-0.25, -0.2) is 4.39 Å². The van der Waals surface area contributed by atoms with Crippen molar-refractivity contribution >= 4 is 5.91 Å². The fourth-order valence-electron chi connectivity index (χ4n) is 3.42. The molecule has 4 nitrogen and oxygen atoms in total. The van der Waals surface area contributed by atoms with E-state index in [1.165, 1.54) is 17.7 Å². The van der Waals surface area contributed by atoms with E-state index in [0.29, 0.717) is 17.8 Å². The predicted octanol–water partition coefficient (Wildman–Crippen LogP) is 4.77. The molecule has 0 spiro atoms. The molecule has 0 bridgehead atoms. The van der Waals surface area contributed by atoms with Gasteiger partial charge in [-0.2, -0.15) is 0 Å². The van der Waals surface area contributed by atoms with Crippen LogP contribution in [-0.4, -0.2) is 22.5 Å². The van der Waals surface area contributed by atoms with Gasteiger partial charge in [0, 0.05) is 18.2 Å². The smallest absolute Gasteiger partial charge is 0.292 e. The average Bonchev–Trinajstić information content (AvgIpc) is 3.32. The lowest BCUT2D eigenvalue weighted by molar-refractivity contribution is 0.0693. The molecule has 0 unspecified atom stereocenters. The number of amides is 1. The molecular formula is C21H19FN2O2. The summed E-state index contributed by atoms with van der Waals surface area (Å²) in [6.07, 6.45) is 1.90. The average molecular weight is 350 g/mol. The van der Waals surface area contributed by atoms with Crippen molar-refractivity contribution in [1.82, 2.24) is 10.1 Å². The lowest BCUT2D eigenvalue weighted by atomic mass is 10.0. The number of hydrogen-bond acceptors (Lipinski definition) is 3. The molecule has 0 radical (unpaired) electrons. The van der Waals surface area contributed by atoms with Crippen LogP contribution in [0.5, 0.6) is 0 Å². The maximum atomic E-state index is 13.1. The standard InChI is InChI=1S/C21H19FN2O2/c1-14-4-6-16(7-5-14)19-3-2-12-24(19)21(25)20-13-18(23-26-20)15-8-10-17(22)11-9-15/h4-11,13,19H,2-3,12H2,1H3/t19-/m1/s1. The van der Waals surface area contributed by atoms with Crippen LogP contribution in [-0.2, 0) is 0 Å². The molecule has 4 rings (SSSR count). The summed E-state index contributed by atoms with van der Waals surface area (Å²) in [6.45, 7) is 2.75. The number of carbonyl (C=O) groups is 1. The summed E-state index contributed by atoms with van der Waals surface area (Å²) in [4.78, 5) is 14.8. The van der Waals surface area contributed by atoms with Gasteiger partial charge in [0.15, 0.2) is 0 Å². The van der Waals surface area contributed by atoms with Crippen molar-refractivity contribution in [1.29, 1.82) is 0 Å². The highest BCUT2D eigenvalue weighted by Crippen LogP contribution is 2.33. The lowest BCUT2D eigenvalue weighted by Gasteiger charge is -2.24. The van der Waals surface area contributed by atoms with Crippen molar-refractivity contribution in [2.45, 2.75) is 25.8 Å². The van der Waals surface area contributed by atoms with E-state index >= 15 is 0 Å². The molecule has 1 aromatic heterocycles. The minimum absolute atomic E-state index is 0.0578. The lowest BCUT2D eigenvalue weighted by Crippen LogP contribution is -2.30. The highest BCUT2D eigenvalue weighted by Gasteiger charge is 2.32. The zero-order valence-corrected chi connectivity index (χ0v) is 14.5. The van der Waals surface area contributed by atoms with Gasteiger partial charge in [0.05, 0.1) is 6.04 Å². The van der Waals surface area contributed by atoms with Gasteiger partial charge < -0.3 is 9.42 Å². The number of rotatable bonds is 3. The molecule has 2 heterocycles. The van der Waals surface area contributed by atoms with Gasteiger partial charge in [-0.3, -0.25) is 4.79 Å². The Morgan fingerprint density at radius 2 is 1.88 bits per heavy atom. The van der Waals surface area contributed by atoms with Crippen LogP contribution >= 0.6 is 0 Å². The molecule has 3 aromatic rings. The summed E-state index contributed by atoms with van der Waals surface area (Å²) in [5, 5.41) is 3.97. The maximum absolute atomic E-state index is 13.1. The van der Waals surface area contributed by atoms with Gasteiger partial charge in [-0.1, -0.05) is 35.0 Å². The first-order valence-electron chi connectivity index (χ1n) is 8.72. The number of hydrogen-bond donors (Lipinski definition) is 0. The van der Waals surface area contributed by atoms with Crippen LogP contribution in [0.4, 0.5) is 4.39 Å². The van der Waals surface area contributed by atoms with Crippen LogP contribution in [0.3, 0.4) is 0 Å². The quantitative estimate of drug-likeness (QED) is 0.684. The molecule has 5 heteroatoms. The second kappa shape index (κ2) is 6.75. The van der Waals surface area contributed by atoms with Crippen molar-refractivity contribution in [2.75, 3.05) is 6.54 Å². The maximum Gasteiger partial charge on any atom is 0.292 e. The van der Waals surface area contributed by atoms with E-state index in [1.54, 1.807) is 18.2 Å². The minimum atomic E-state index is -0.313. The second-order valence-corrected chi connectivity index (χ2v) is 6.65. The van der Waals surface area contributed by atoms with Crippen LogP contribution in [0, 0.1) is 12.7 Å². The summed E-state index contributed by atoms with van der Waals surface area (Å²) >= 11 is 0. The van der Waals surface area contributed by atoms with Gasteiger partial charge in [0.1, 0.15) is 11.5 Å². The number of nitrogens with zero attached hydrogens (tertiary/aromatic N) is 2. The molecule has 1 fully saturated rings. The third kappa shape index (κ3) is 3.12. The first-order chi connectivity index (χ1) is 12.6. The zero-order valence-electron chi connectivity index (χ0n) is 14.5. The monoisotopic (exact) mass is 350 g/mol. The molecule has 0 saturated carbocycles. The van der Waals surface area contributed by atoms with E-state index in [1.807, 2.05) is 11.8 Å². The minimum Gasteiger partial charge on any atom is -0.350 e. The summed E-state index contributed by atoms with van der Waals surface area (Å²) in [7, 11) is 0. The van der Waals surface area contributed by atoms with Crippen LogP contribution < -0.4 is 0 Å². The summed E-state index contributed by atoms with van der Waals surface area (Å²) < 4.78 is 18.4.